The van der Waals surface area contributed by atoms with Crippen LogP contribution in [0.4, 0.5) is 0 Å². The molecular weight excluding hydrogens is 262 g/mol. The van der Waals surface area contributed by atoms with E-state index in [2.05, 4.69) is 0 Å². The maximum absolute atomic E-state index is 8.74. The van der Waals surface area contributed by atoms with Crippen molar-refractivity contribution in [2.24, 2.45) is 0 Å². The van der Waals surface area contributed by atoms with E-state index in [0.717, 1.165) is 51.9 Å². The maximum Gasteiger partial charge on any atom is 0.0617 e. The van der Waals surface area contributed by atoms with Gasteiger partial charge in [0, 0.05) is 39.3 Å². The van der Waals surface area contributed by atoms with Crippen LogP contribution in [0.2, 0.25) is 0 Å². The molecule has 0 radical (unpaired) electrons. The van der Waals surface area contributed by atoms with Crippen LogP contribution in [0, 0.1) is 0 Å². The van der Waals surface area contributed by atoms with Gasteiger partial charge in [-0.25, -0.2) is 0 Å². The van der Waals surface area contributed by atoms with Crippen molar-refractivity contribution in [3.05, 3.63) is 0 Å². The first-order valence-corrected chi connectivity index (χ1v) is 7.57. The molecule has 3 aliphatic heterocycles. The number of rotatable bonds is 0. The van der Waals surface area contributed by atoms with E-state index >= 15 is 0 Å². The van der Waals surface area contributed by atoms with E-state index in [1.54, 1.807) is 0 Å². The van der Waals surface area contributed by atoms with E-state index in [9.17, 15) is 0 Å². The minimum atomic E-state index is 0.653. The third kappa shape index (κ3) is 9.60. The minimum Gasteiger partial charge on any atom is -0.379 e. The molecule has 3 heterocycles. The normalized spacial score (nSPS) is 25.4. The summed E-state index contributed by atoms with van der Waals surface area (Å²) in [5.41, 5.74) is 0. The second-order valence-electron chi connectivity index (χ2n) is 5.24. The molecule has 3 saturated heterocycles. The first kappa shape index (κ1) is 17.8. The molecule has 0 aromatic heterocycles. The van der Waals surface area contributed by atoms with Crippen LogP contribution in [-0.4, -0.2) is 83.3 Å². The number of nitrogens with zero attached hydrogens (tertiary/aromatic N) is 3. The molecule has 0 atom stereocenters. The van der Waals surface area contributed by atoms with Crippen molar-refractivity contribution in [3.63, 3.8) is 0 Å². The third-order valence-electron chi connectivity index (χ3n) is 3.40. The van der Waals surface area contributed by atoms with Crippen LogP contribution >= 0.6 is 0 Å². The van der Waals surface area contributed by atoms with Crippen LogP contribution in [0.1, 0.15) is 32.1 Å². The summed E-state index contributed by atoms with van der Waals surface area (Å²) < 4.78 is 4.94. The smallest absolute Gasteiger partial charge is 0.0617 e. The lowest BCUT2D eigenvalue weighted by Crippen LogP contribution is -2.33. The number of hydroxylamine groups is 6. The maximum atomic E-state index is 8.74. The van der Waals surface area contributed by atoms with Gasteiger partial charge in [-0.3, -0.25) is 0 Å². The van der Waals surface area contributed by atoms with Gasteiger partial charge in [0.2, 0.25) is 0 Å². The van der Waals surface area contributed by atoms with Gasteiger partial charge in [0.1, 0.15) is 0 Å². The van der Waals surface area contributed by atoms with Crippen molar-refractivity contribution in [1.82, 2.24) is 15.2 Å². The molecule has 0 spiro atoms. The predicted octanol–water partition coefficient (Wildman–Crippen LogP) is 1.04. The molecule has 3 aliphatic rings. The Bertz CT molecular complexity index is 200. The van der Waals surface area contributed by atoms with E-state index in [1.807, 2.05) is 0 Å². The van der Waals surface area contributed by atoms with Crippen molar-refractivity contribution in [2.75, 3.05) is 52.5 Å². The average Bonchev–Trinajstić information content (AvgIpc) is 2.93. The lowest BCUT2D eigenvalue weighted by Gasteiger charge is -2.19. The largest absolute Gasteiger partial charge is 0.379 e. The highest BCUT2D eigenvalue weighted by Crippen LogP contribution is 2.04. The molecule has 0 unspecified atom stereocenters. The Hall–Kier alpha value is -0.280. The van der Waals surface area contributed by atoms with Crippen LogP contribution in [0.25, 0.3) is 0 Å². The summed E-state index contributed by atoms with van der Waals surface area (Å²) in [6, 6.07) is 0. The van der Waals surface area contributed by atoms with Crippen LogP contribution in [-0.2, 0) is 4.74 Å². The van der Waals surface area contributed by atoms with E-state index in [0.29, 0.717) is 26.3 Å². The number of ether oxygens (including phenoxy) is 1. The Morgan fingerprint density at radius 3 is 1.10 bits per heavy atom. The van der Waals surface area contributed by atoms with E-state index in [4.69, 9.17) is 20.4 Å². The molecule has 3 rings (SSSR count). The van der Waals surface area contributed by atoms with Gasteiger partial charge in [0.05, 0.1) is 13.2 Å². The lowest BCUT2D eigenvalue weighted by atomic mass is 10.2. The summed E-state index contributed by atoms with van der Waals surface area (Å²) in [5, 5.41) is 30.0. The molecule has 3 N–H and O–H groups in total. The first-order chi connectivity index (χ1) is 9.68. The summed E-state index contributed by atoms with van der Waals surface area (Å²) in [4.78, 5) is 0. The number of hydrogen-bond donors (Lipinski definition) is 3. The SMILES string of the molecule is ON1CCCC1.ON1CCCCC1.ON1CCOCC1. The molecule has 20 heavy (non-hydrogen) atoms. The Morgan fingerprint density at radius 1 is 0.500 bits per heavy atom. The Balaban J connectivity index is 0.000000151. The number of hydrogen-bond acceptors (Lipinski definition) is 7. The van der Waals surface area contributed by atoms with Gasteiger partial charge in [0.15, 0.2) is 0 Å². The van der Waals surface area contributed by atoms with Crippen molar-refractivity contribution in [2.45, 2.75) is 32.1 Å². The molecule has 0 aliphatic carbocycles. The molecule has 3 fully saturated rings. The highest BCUT2D eigenvalue weighted by molar-refractivity contribution is 4.55. The molecule has 0 aromatic rings. The standard InChI is InChI=1S/C5H11NO.C4H9NO2.C4H9NO/c7-6-4-2-1-3-5-6;6-5-1-3-7-4-2-5;6-5-3-1-2-4-5/h7H,1-5H2;6H,1-4H2;6H,1-4H2. The van der Waals surface area contributed by atoms with E-state index in [1.165, 1.54) is 21.6 Å². The molecule has 0 bridgehead atoms. The molecule has 0 saturated carbocycles. The second-order valence-corrected chi connectivity index (χ2v) is 5.24. The van der Waals surface area contributed by atoms with Crippen molar-refractivity contribution in [3.8, 4) is 0 Å². The first-order valence-electron chi connectivity index (χ1n) is 7.57. The van der Waals surface area contributed by atoms with Gasteiger partial charge >= 0.3 is 0 Å². The summed E-state index contributed by atoms with van der Waals surface area (Å²) in [7, 11) is 0. The quantitative estimate of drug-likeness (QED) is 0.615. The Labute approximate surface area is 121 Å². The zero-order chi connectivity index (χ0) is 14.6. The topological polar surface area (TPSA) is 79.6 Å². The summed E-state index contributed by atoms with van der Waals surface area (Å²) in [6.07, 6.45) is 5.94. The van der Waals surface area contributed by atoms with Gasteiger partial charge in [-0.2, -0.15) is 15.2 Å². The third-order valence-corrected chi connectivity index (χ3v) is 3.40. The van der Waals surface area contributed by atoms with Crippen molar-refractivity contribution in [1.29, 1.82) is 0 Å². The van der Waals surface area contributed by atoms with Gasteiger partial charge in [0.25, 0.3) is 0 Å². The average molecular weight is 291 g/mol. The van der Waals surface area contributed by atoms with Gasteiger partial charge in [-0.1, -0.05) is 6.42 Å². The van der Waals surface area contributed by atoms with Crippen LogP contribution < -0.4 is 0 Å². The van der Waals surface area contributed by atoms with Gasteiger partial charge in [-0.05, 0) is 25.7 Å². The summed E-state index contributed by atoms with van der Waals surface area (Å²) in [5.74, 6) is 0. The fraction of sp³-hybridized carbons (Fsp3) is 1.00. The Morgan fingerprint density at radius 2 is 0.850 bits per heavy atom. The molecule has 0 aromatic carbocycles. The van der Waals surface area contributed by atoms with Crippen LogP contribution in [0.15, 0.2) is 0 Å². The lowest BCUT2D eigenvalue weighted by molar-refractivity contribution is -0.143. The number of morpholine rings is 1. The van der Waals surface area contributed by atoms with Crippen LogP contribution in [0.3, 0.4) is 0 Å². The molecule has 120 valence electrons. The van der Waals surface area contributed by atoms with E-state index < -0.39 is 0 Å². The summed E-state index contributed by atoms with van der Waals surface area (Å²) >= 11 is 0. The minimum absolute atomic E-state index is 0.653. The van der Waals surface area contributed by atoms with Crippen molar-refractivity contribution < 1.29 is 20.4 Å². The van der Waals surface area contributed by atoms with Gasteiger partial charge < -0.3 is 20.4 Å². The summed E-state index contributed by atoms with van der Waals surface area (Å²) in [6.45, 7) is 6.13. The Kier molecular flexibility index (Phi) is 10.1. The fourth-order valence-electron chi connectivity index (χ4n) is 2.13. The monoisotopic (exact) mass is 291 g/mol. The van der Waals surface area contributed by atoms with E-state index in [-0.39, 0.29) is 0 Å². The predicted molar refractivity (Wildman–Crippen MR) is 74.0 cm³/mol. The highest BCUT2D eigenvalue weighted by Gasteiger charge is 2.06. The van der Waals surface area contributed by atoms with Crippen molar-refractivity contribution >= 4 is 0 Å². The van der Waals surface area contributed by atoms with Crippen LogP contribution in [0.5, 0.6) is 0 Å². The molecule has 7 nitrogen and oxygen atoms in total. The molecule has 0 amide bonds. The molecule has 7 heteroatoms. The zero-order valence-corrected chi connectivity index (χ0v) is 12.3. The number of piperidine rings is 1. The molecular formula is C13H29N3O4. The van der Waals surface area contributed by atoms with Gasteiger partial charge in [-0.15, -0.1) is 0 Å². The second kappa shape index (κ2) is 11.4. The zero-order valence-electron chi connectivity index (χ0n) is 12.3. The highest BCUT2D eigenvalue weighted by atomic mass is 16.5. The fourth-order valence-corrected chi connectivity index (χ4v) is 2.13.